The molecule has 9 heteroatoms. The summed E-state index contributed by atoms with van der Waals surface area (Å²) in [5.41, 5.74) is 5.34. The van der Waals surface area contributed by atoms with Gasteiger partial charge in [-0.25, -0.2) is 0 Å². The van der Waals surface area contributed by atoms with Crippen molar-refractivity contribution >= 4 is 43.7 Å². The number of hydrogen-bond donors (Lipinski definition) is 1. The van der Waals surface area contributed by atoms with Crippen LogP contribution in [0.5, 0.6) is 0 Å². The minimum absolute atomic E-state index is 0.269. The summed E-state index contributed by atoms with van der Waals surface area (Å²) in [5, 5.41) is 0. The lowest BCUT2D eigenvalue weighted by Gasteiger charge is -2.14. The number of amides is 2. The first kappa shape index (κ1) is 20.7. The molecule has 1 aliphatic rings. The van der Waals surface area contributed by atoms with Gasteiger partial charge >= 0.3 is 0 Å². The molecule has 0 unspecified atom stereocenters. The molecule has 0 bridgehead atoms. The second kappa shape index (κ2) is 12.1. The number of halogens is 2. The summed E-state index contributed by atoms with van der Waals surface area (Å²) in [7, 11) is 0. The Balaban J connectivity index is 1.93. The van der Waals surface area contributed by atoms with Crippen molar-refractivity contribution in [1.82, 2.24) is 4.90 Å². The Morgan fingerprint density at radius 3 is 1.70 bits per heavy atom. The third kappa shape index (κ3) is 7.40. The molecule has 0 saturated carbocycles. The zero-order chi connectivity index (χ0) is 17.1. The largest absolute Gasteiger partial charge is 0.379 e. The van der Waals surface area contributed by atoms with Crippen LogP contribution in [0.15, 0.2) is 8.96 Å². The zero-order valence-corrected chi connectivity index (χ0v) is 16.1. The van der Waals surface area contributed by atoms with E-state index in [0.717, 1.165) is 6.42 Å². The number of carbonyl (C=O) groups excluding carboxylic acids is 2. The summed E-state index contributed by atoms with van der Waals surface area (Å²) < 4.78 is 16.6. The highest BCUT2D eigenvalue weighted by Gasteiger charge is 2.35. The van der Waals surface area contributed by atoms with Gasteiger partial charge in [0, 0.05) is 19.8 Å². The van der Waals surface area contributed by atoms with E-state index in [9.17, 15) is 9.59 Å². The molecule has 1 rings (SSSR count). The summed E-state index contributed by atoms with van der Waals surface area (Å²) in [6.45, 7) is 4.12. The van der Waals surface area contributed by atoms with E-state index in [1.807, 2.05) is 0 Å². The number of hydrogen-bond acceptors (Lipinski definition) is 6. The van der Waals surface area contributed by atoms with E-state index >= 15 is 0 Å². The fourth-order valence-electron chi connectivity index (χ4n) is 1.77. The Morgan fingerprint density at radius 2 is 1.22 bits per heavy atom. The van der Waals surface area contributed by atoms with Gasteiger partial charge < -0.3 is 19.9 Å². The highest BCUT2D eigenvalue weighted by atomic mass is 79.9. The molecule has 2 amide bonds. The van der Waals surface area contributed by atoms with Gasteiger partial charge in [-0.15, -0.1) is 0 Å². The first-order valence-corrected chi connectivity index (χ1v) is 9.03. The van der Waals surface area contributed by atoms with Crippen LogP contribution in [0.25, 0.3) is 0 Å². The van der Waals surface area contributed by atoms with Crippen LogP contribution in [0, 0.1) is 0 Å². The first-order valence-electron chi connectivity index (χ1n) is 7.44. The van der Waals surface area contributed by atoms with Crippen LogP contribution in [0.4, 0.5) is 0 Å². The summed E-state index contributed by atoms with van der Waals surface area (Å²) >= 11 is 6.17. The molecule has 7 nitrogen and oxygen atoms in total. The average molecular weight is 458 g/mol. The molecule has 2 N–H and O–H groups in total. The molecule has 1 aliphatic heterocycles. The minimum atomic E-state index is -0.320. The molecule has 0 saturated heterocycles. The molecule has 0 aromatic rings. The van der Waals surface area contributed by atoms with Crippen molar-refractivity contribution in [2.24, 2.45) is 5.73 Å². The second-order valence-corrected chi connectivity index (χ2v) is 6.31. The third-order valence-corrected chi connectivity index (χ3v) is 4.97. The molecular weight excluding hydrogens is 436 g/mol. The zero-order valence-electron chi connectivity index (χ0n) is 12.9. The van der Waals surface area contributed by atoms with E-state index in [4.69, 9.17) is 19.9 Å². The Bertz CT molecular complexity index is 407. The monoisotopic (exact) mass is 456 g/mol. The van der Waals surface area contributed by atoms with E-state index < -0.39 is 0 Å². The lowest BCUT2D eigenvalue weighted by molar-refractivity contribution is -0.137. The Labute approximate surface area is 152 Å². The number of imide groups is 1. The molecule has 0 spiro atoms. The number of carbonyl (C=O) groups is 2. The van der Waals surface area contributed by atoms with Crippen molar-refractivity contribution in [3.05, 3.63) is 8.96 Å². The van der Waals surface area contributed by atoms with Crippen molar-refractivity contribution in [3.8, 4) is 0 Å². The predicted molar refractivity (Wildman–Crippen MR) is 92.3 cm³/mol. The number of nitrogens with zero attached hydrogens (tertiary/aromatic N) is 1. The van der Waals surface area contributed by atoms with E-state index in [0.29, 0.717) is 59.2 Å². The average Bonchev–Trinajstić information content (AvgIpc) is 2.73. The maximum Gasteiger partial charge on any atom is 0.269 e. The van der Waals surface area contributed by atoms with Gasteiger partial charge in [0.15, 0.2) is 0 Å². The smallest absolute Gasteiger partial charge is 0.269 e. The molecular formula is C14H22Br2N2O5. The highest BCUT2D eigenvalue weighted by molar-refractivity contribution is 9.14. The number of nitrogens with two attached hydrogens (primary N) is 1. The lowest BCUT2D eigenvalue weighted by Crippen LogP contribution is -2.32. The SMILES string of the molecule is NCCCOCCOCCOCCCN1C(=O)C(Br)=C(Br)C1=O. The summed E-state index contributed by atoms with van der Waals surface area (Å²) in [4.78, 5) is 24.7. The quantitative estimate of drug-likeness (QED) is 0.329. The normalized spacial score (nSPS) is 15.2. The van der Waals surface area contributed by atoms with Gasteiger partial charge in [-0.2, -0.15) is 0 Å². The van der Waals surface area contributed by atoms with E-state index in [1.165, 1.54) is 4.90 Å². The van der Waals surface area contributed by atoms with Crippen molar-refractivity contribution in [3.63, 3.8) is 0 Å². The van der Waals surface area contributed by atoms with Crippen LogP contribution in [0.2, 0.25) is 0 Å². The Hall–Kier alpha value is -0.320. The van der Waals surface area contributed by atoms with Crippen LogP contribution in [-0.2, 0) is 23.8 Å². The molecule has 0 aliphatic carbocycles. The fraction of sp³-hybridized carbons (Fsp3) is 0.714. The van der Waals surface area contributed by atoms with Gasteiger partial charge in [0.25, 0.3) is 11.8 Å². The third-order valence-electron chi connectivity index (χ3n) is 2.97. The molecule has 1 heterocycles. The molecule has 132 valence electrons. The van der Waals surface area contributed by atoms with E-state index in [-0.39, 0.29) is 20.8 Å². The van der Waals surface area contributed by atoms with Gasteiger partial charge in [0.05, 0.1) is 26.4 Å². The second-order valence-electron chi connectivity index (χ2n) is 4.72. The molecule has 23 heavy (non-hydrogen) atoms. The van der Waals surface area contributed by atoms with Crippen molar-refractivity contribution < 1.29 is 23.8 Å². The maximum absolute atomic E-state index is 11.7. The van der Waals surface area contributed by atoms with E-state index in [2.05, 4.69) is 31.9 Å². The van der Waals surface area contributed by atoms with Crippen LogP contribution >= 0.6 is 31.9 Å². The van der Waals surface area contributed by atoms with Gasteiger partial charge in [-0.1, -0.05) is 0 Å². The minimum Gasteiger partial charge on any atom is -0.379 e. The standard InChI is InChI=1S/C14H22Br2N2O5/c15-11-12(16)14(20)18(13(11)19)4-2-6-22-8-10-23-9-7-21-5-1-3-17/h1-10,17H2. The van der Waals surface area contributed by atoms with E-state index in [1.54, 1.807) is 0 Å². The summed E-state index contributed by atoms with van der Waals surface area (Å²) in [6, 6.07) is 0. The van der Waals surface area contributed by atoms with Crippen molar-refractivity contribution in [2.75, 3.05) is 52.7 Å². The first-order chi connectivity index (χ1) is 11.1. The van der Waals surface area contributed by atoms with Gasteiger partial charge in [0.2, 0.25) is 0 Å². The van der Waals surface area contributed by atoms with Crippen LogP contribution < -0.4 is 5.73 Å². The molecule has 0 radical (unpaired) electrons. The Morgan fingerprint density at radius 1 is 0.783 bits per heavy atom. The summed E-state index contributed by atoms with van der Waals surface area (Å²) in [6.07, 6.45) is 1.44. The molecule has 0 aromatic carbocycles. The van der Waals surface area contributed by atoms with Crippen LogP contribution in [0.3, 0.4) is 0 Å². The van der Waals surface area contributed by atoms with Gasteiger partial charge in [-0.3, -0.25) is 14.5 Å². The molecule has 0 fully saturated rings. The molecule has 0 atom stereocenters. The van der Waals surface area contributed by atoms with Crippen LogP contribution in [0.1, 0.15) is 12.8 Å². The lowest BCUT2D eigenvalue weighted by atomic mass is 10.4. The van der Waals surface area contributed by atoms with Crippen molar-refractivity contribution in [2.45, 2.75) is 12.8 Å². The van der Waals surface area contributed by atoms with Crippen molar-refractivity contribution in [1.29, 1.82) is 0 Å². The number of ether oxygens (including phenoxy) is 3. The molecule has 0 aromatic heterocycles. The Kier molecular flexibility index (Phi) is 10.9. The predicted octanol–water partition coefficient (Wildman–Crippen LogP) is 1.15. The summed E-state index contributed by atoms with van der Waals surface area (Å²) in [5.74, 6) is -0.639. The van der Waals surface area contributed by atoms with Gasteiger partial charge in [0.1, 0.15) is 8.96 Å². The number of rotatable bonds is 13. The topological polar surface area (TPSA) is 91.1 Å². The highest BCUT2D eigenvalue weighted by Crippen LogP contribution is 2.29. The van der Waals surface area contributed by atoms with Gasteiger partial charge in [-0.05, 0) is 51.2 Å². The fourth-order valence-corrected chi connectivity index (χ4v) is 2.54. The van der Waals surface area contributed by atoms with Crippen LogP contribution in [-0.4, -0.2) is 69.4 Å². The maximum atomic E-state index is 11.7.